The maximum absolute atomic E-state index is 11.6. The molecular formula is C14H25NO5. The molecule has 2 rings (SSSR count). The van der Waals surface area contributed by atoms with Crippen LogP contribution in [0.3, 0.4) is 0 Å². The van der Waals surface area contributed by atoms with Crippen LogP contribution in [0, 0.1) is 5.92 Å². The third-order valence-corrected chi connectivity index (χ3v) is 4.26. The minimum Gasteiger partial charge on any atom is -0.461 e. The fourth-order valence-electron chi connectivity index (χ4n) is 2.56. The van der Waals surface area contributed by atoms with Crippen LogP contribution in [-0.4, -0.2) is 63.9 Å². The van der Waals surface area contributed by atoms with Gasteiger partial charge in [-0.15, -0.1) is 0 Å². The number of esters is 1. The number of hydrogen-bond acceptors (Lipinski definition) is 6. The molecule has 0 amide bonds. The van der Waals surface area contributed by atoms with Crippen LogP contribution in [0.4, 0.5) is 0 Å². The van der Waals surface area contributed by atoms with Gasteiger partial charge in [0.2, 0.25) is 0 Å². The second-order valence-electron chi connectivity index (χ2n) is 5.45. The number of nitrogens with zero attached hydrogens (tertiary/aromatic N) is 1. The summed E-state index contributed by atoms with van der Waals surface area (Å²) in [5, 5.41) is 0. The highest BCUT2D eigenvalue weighted by molar-refractivity contribution is 5.74. The van der Waals surface area contributed by atoms with Crippen molar-refractivity contribution in [2.75, 3.05) is 41.0 Å². The van der Waals surface area contributed by atoms with E-state index < -0.39 is 5.79 Å². The Bertz CT molecular complexity index is 318. The van der Waals surface area contributed by atoms with Crippen molar-refractivity contribution in [1.29, 1.82) is 0 Å². The lowest BCUT2D eigenvalue weighted by Crippen LogP contribution is -2.51. The number of hydrogen-bond donors (Lipinski definition) is 0. The van der Waals surface area contributed by atoms with E-state index >= 15 is 0 Å². The molecule has 0 aromatic rings. The van der Waals surface area contributed by atoms with E-state index in [1.165, 1.54) is 0 Å². The molecule has 1 saturated carbocycles. The van der Waals surface area contributed by atoms with Crippen LogP contribution in [-0.2, 0) is 23.7 Å². The van der Waals surface area contributed by atoms with Gasteiger partial charge in [0, 0.05) is 47.3 Å². The molecular weight excluding hydrogens is 262 g/mol. The van der Waals surface area contributed by atoms with E-state index in [1.54, 1.807) is 21.3 Å². The Morgan fingerprint density at radius 1 is 1.20 bits per heavy atom. The van der Waals surface area contributed by atoms with Crippen LogP contribution in [0.5, 0.6) is 0 Å². The van der Waals surface area contributed by atoms with E-state index in [2.05, 4.69) is 4.90 Å². The number of carbonyl (C=O) groups excluding carboxylic acids is 1. The van der Waals surface area contributed by atoms with Crippen molar-refractivity contribution >= 4 is 5.97 Å². The lowest BCUT2D eigenvalue weighted by Gasteiger charge is -2.41. The first kappa shape index (κ1) is 15.7. The monoisotopic (exact) mass is 287 g/mol. The summed E-state index contributed by atoms with van der Waals surface area (Å²) in [4.78, 5) is 13.7. The van der Waals surface area contributed by atoms with Crippen molar-refractivity contribution in [3.05, 3.63) is 0 Å². The van der Waals surface area contributed by atoms with Crippen LogP contribution in [0.2, 0.25) is 0 Å². The number of rotatable bonds is 7. The molecule has 116 valence electrons. The van der Waals surface area contributed by atoms with Gasteiger partial charge in [-0.25, -0.2) is 0 Å². The van der Waals surface area contributed by atoms with E-state index in [0.29, 0.717) is 6.61 Å². The average Bonchev–Trinajstić information content (AvgIpc) is 3.33. The highest BCUT2D eigenvalue weighted by Gasteiger charge is 2.37. The number of likely N-dealkylation sites (tertiary alicyclic amines) is 1. The summed E-state index contributed by atoms with van der Waals surface area (Å²) >= 11 is 0. The Morgan fingerprint density at radius 3 is 2.25 bits per heavy atom. The van der Waals surface area contributed by atoms with Gasteiger partial charge in [-0.1, -0.05) is 0 Å². The first-order valence-corrected chi connectivity index (χ1v) is 7.18. The summed E-state index contributed by atoms with van der Waals surface area (Å²) in [7, 11) is 4.99. The van der Waals surface area contributed by atoms with Crippen molar-refractivity contribution in [2.24, 2.45) is 5.92 Å². The van der Waals surface area contributed by atoms with E-state index in [1.807, 2.05) is 0 Å². The largest absolute Gasteiger partial charge is 0.461 e. The van der Waals surface area contributed by atoms with Gasteiger partial charge >= 0.3 is 5.97 Å². The summed E-state index contributed by atoms with van der Waals surface area (Å²) in [6, 6.07) is 0. The van der Waals surface area contributed by atoms with Crippen molar-refractivity contribution in [1.82, 2.24) is 4.90 Å². The molecule has 1 unspecified atom stereocenters. The number of ether oxygens (including phenoxy) is 4. The maximum Gasteiger partial charge on any atom is 0.309 e. The zero-order valence-electron chi connectivity index (χ0n) is 12.6. The Hall–Kier alpha value is -0.690. The van der Waals surface area contributed by atoms with Gasteiger partial charge in [-0.2, -0.15) is 0 Å². The van der Waals surface area contributed by atoms with Crippen LogP contribution < -0.4 is 0 Å². The Balaban J connectivity index is 1.78. The highest BCUT2D eigenvalue weighted by Crippen LogP contribution is 2.31. The van der Waals surface area contributed by atoms with Crippen LogP contribution >= 0.6 is 0 Å². The van der Waals surface area contributed by atoms with Crippen molar-refractivity contribution in [3.63, 3.8) is 0 Å². The molecule has 1 atom stereocenters. The zero-order chi connectivity index (χ0) is 14.6. The van der Waals surface area contributed by atoms with Gasteiger partial charge < -0.3 is 18.9 Å². The number of methoxy groups -OCH3 is 3. The first-order chi connectivity index (χ1) is 9.64. The van der Waals surface area contributed by atoms with Crippen molar-refractivity contribution < 1.29 is 23.7 Å². The molecule has 20 heavy (non-hydrogen) atoms. The minimum atomic E-state index is -0.487. The van der Waals surface area contributed by atoms with Gasteiger partial charge in [0.25, 0.3) is 0 Å². The summed E-state index contributed by atoms with van der Waals surface area (Å²) in [5.74, 6) is -0.449. The number of carbonyl (C=O) groups is 1. The molecule has 6 nitrogen and oxygen atoms in total. The molecule has 2 fully saturated rings. The lowest BCUT2D eigenvalue weighted by atomic mass is 10.0. The Kier molecular flexibility index (Phi) is 5.37. The second-order valence-corrected chi connectivity index (χ2v) is 5.45. The number of piperidine rings is 1. The quantitative estimate of drug-likeness (QED) is 0.514. The fraction of sp³-hybridized carbons (Fsp3) is 0.929. The average molecular weight is 287 g/mol. The maximum atomic E-state index is 11.6. The van der Waals surface area contributed by atoms with Crippen LogP contribution in [0.25, 0.3) is 0 Å². The first-order valence-electron chi connectivity index (χ1n) is 7.18. The van der Waals surface area contributed by atoms with Gasteiger partial charge in [-0.3, -0.25) is 9.69 Å². The normalized spacial score (nSPS) is 24.4. The summed E-state index contributed by atoms with van der Waals surface area (Å²) in [6.45, 7) is 1.88. The molecule has 1 saturated heterocycles. The van der Waals surface area contributed by atoms with E-state index in [4.69, 9.17) is 18.9 Å². The SMILES string of the molecule is COC(COC(=O)C1CC1)N1CCC(OC)(OC)CC1. The highest BCUT2D eigenvalue weighted by atomic mass is 16.7. The van der Waals surface area contributed by atoms with Crippen molar-refractivity contribution in [2.45, 2.75) is 37.7 Å². The molecule has 0 spiro atoms. The van der Waals surface area contributed by atoms with Crippen molar-refractivity contribution in [3.8, 4) is 0 Å². The van der Waals surface area contributed by atoms with E-state index in [9.17, 15) is 4.79 Å². The topological polar surface area (TPSA) is 57.2 Å². The zero-order valence-corrected chi connectivity index (χ0v) is 12.6. The summed E-state index contributed by atoms with van der Waals surface area (Å²) < 4.78 is 21.7. The lowest BCUT2D eigenvalue weighted by molar-refractivity contribution is -0.239. The van der Waals surface area contributed by atoms with Crippen LogP contribution in [0.1, 0.15) is 25.7 Å². The van der Waals surface area contributed by atoms with Gasteiger partial charge in [0.1, 0.15) is 12.8 Å². The van der Waals surface area contributed by atoms with Gasteiger partial charge in [0.05, 0.1) is 5.92 Å². The fourth-order valence-corrected chi connectivity index (χ4v) is 2.56. The second kappa shape index (κ2) is 6.85. The van der Waals surface area contributed by atoms with Crippen LogP contribution in [0.15, 0.2) is 0 Å². The third kappa shape index (κ3) is 3.69. The molecule has 0 aromatic heterocycles. The smallest absolute Gasteiger partial charge is 0.309 e. The Labute approximate surface area is 120 Å². The predicted octanol–water partition coefficient (Wildman–Crippen LogP) is 0.997. The predicted molar refractivity (Wildman–Crippen MR) is 72.0 cm³/mol. The molecule has 6 heteroatoms. The standard InChI is InChI=1S/C14H25NO5/c1-17-12(10-20-13(16)11-4-5-11)15-8-6-14(18-2,19-3)7-9-15/h11-12H,4-10H2,1-3H3. The summed E-state index contributed by atoms with van der Waals surface area (Å²) in [5.41, 5.74) is 0. The molecule has 0 radical (unpaired) electrons. The molecule has 1 aliphatic carbocycles. The third-order valence-electron chi connectivity index (χ3n) is 4.26. The van der Waals surface area contributed by atoms with E-state index in [0.717, 1.165) is 38.8 Å². The molecule has 1 aliphatic heterocycles. The molecule has 2 aliphatic rings. The summed E-state index contributed by atoms with van der Waals surface area (Å²) in [6.07, 6.45) is 3.28. The molecule has 0 N–H and O–H groups in total. The van der Waals surface area contributed by atoms with Gasteiger partial charge in [0.15, 0.2) is 5.79 Å². The van der Waals surface area contributed by atoms with Gasteiger partial charge in [-0.05, 0) is 12.8 Å². The van der Waals surface area contributed by atoms with E-state index in [-0.39, 0.29) is 18.1 Å². The minimum absolute atomic E-state index is 0.0906. The molecule has 0 bridgehead atoms. The molecule has 1 heterocycles. The Morgan fingerprint density at radius 2 is 1.80 bits per heavy atom. The molecule has 0 aromatic carbocycles.